The Labute approximate surface area is 400 Å². The van der Waals surface area contributed by atoms with Crippen LogP contribution in [0.3, 0.4) is 0 Å². The number of para-hydroxylation sites is 1. The van der Waals surface area contributed by atoms with Crippen molar-refractivity contribution in [3.05, 3.63) is 221 Å². The Morgan fingerprint density at radius 1 is 0.500 bits per heavy atom. The van der Waals surface area contributed by atoms with Gasteiger partial charge in [0.1, 0.15) is 0 Å². The molecule has 0 fully saturated rings. The molecule has 0 atom stereocenters. The Morgan fingerprint density at radius 3 is 1.69 bits per heavy atom. The molecule has 8 aromatic carbocycles. The van der Waals surface area contributed by atoms with Crippen LogP contribution in [0, 0.1) is 0 Å². The first-order chi connectivity index (χ1) is 33.1. The van der Waals surface area contributed by atoms with Crippen LogP contribution in [0.15, 0.2) is 176 Å². The van der Waals surface area contributed by atoms with Crippen LogP contribution in [0.25, 0.3) is 94.7 Å². The summed E-state index contributed by atoms with van der Waals surface area (Å²) in [7, 11) is 0. The van der Waals surface area contributed by atoms with Gasteiger partial charge in [-0.1, -0.05) is 138 Å². The van der Waals surface area contributed by atoms with Gasteiger partial charge in [0.05, 0.1) is 16.6 Å². The van der Waals surface area contributed by atoms with E-state index in [2.05, 4.69) is 220 Å². The van der Waals surface area contributed by atoms with Crippen LogP contribution in [-0.2, 0) is 30.1 Å². The first kappa shape index (κ1) is 40.8. The molecule has 10 aromatic rings. The Morgan fingerprint density at radius 2 is 1.04 bits per heavy atom. The number of hydrogen-bond donors (Lipinski definition) is 0. The lowest BCUT2D eigenvalue weighted by atomic mass is 9.82. The van der Waals surface area contributed by atoms with Crippen LogP contribution in [0.2, 0.25) is 0 Å². The average molecular weight is 877 g/mol. The van der Waals surface area contributed by atoms with E-state index in [-0.39, 0.29) is 10.8 Å². The lowest BCUT2D eigenvalue weighted by Crippen LogP contribution is -2.15. The molecule has 0 radical (unpaired) electrons. The minimum absolute atomic E-state index is 0.0957. The quantitative estimate of drug-likeness (QED) is 0.135. The number of benzene rings is 8. The van der Waals surface area contributed by atoms with Crippen molar-refractivity contribution < 1.29 is 0 Å². The van der Waals surface area contributed by atoms with E-state index in [1.165, 1.54) is 133 Å². The third-order valence-electron chi connectivity index (χ3n) is 16.0. The number of fused-ring (bicyclic) bond motifs is 12. The van der Waals surface area contributed by atoms with Gasteiger partial charge in [-0.2, -0.15) is 0 Å². The van der Waals surface area contributed by atoms with Crippen molar-refractivity contribution in [2.75, 3.05) is 0 Å². The molecule has 3 aliphatic carbocycles. The largest absolute Gasteiger partial charge is 0.310 e. The zero-order valence-corrected chi connectivity index (χ0v) is 39.9. The minimum Gasteiger partial charge on any atom is -0.310 e. The maximum Gasteiger partial charge on any atom is 0.0541 e. The fourth-order valence-electron chi connectivity index (χ4n) is 12.6. The number of aromatic nitrogens is 2. The summed E-state index contributed by atoms with van der Waals surface area (Å²) in [4.78, 5) is 0. The second kappa shape index (κ2) is 15.0. The van der Waals surface area contributed by atoms with Gasteiger partial charge in [0.2, 0.25) is 0 Å². The van der Waals surface area contributed by atoms with E-state index >= 15 is 0 Å². The molecule has 3 aliphatic rings. The number of aryl methyl sites for hydroxylation is 2. The standard InChI is InChI=1S/C66H56N2/c1-7-14-41-22-32-63-55(34-41)49-18-9-11-20-61(49)67(63)47-26-30-59-53(39-47)51-37-45(24-28-57(51)65(59,3)4)43-16-13-17-44(36-43)46-25-29-58-52(38-46)54-40-48(27-31-60(54)66(58,5)6)68-62-21-12-10-19-50(62)56-35-42(15-8-2)23-33-64(56)68/h7,9,11-13,16-18,20-40H,1,8,10,14-15,19H2,2-6H3. The molecule has 13 rings (SSSR count). The Kier molecular flexibility index (Phi) is 9.03. The smallest absolute Gasteiger partial charge is 0.0541 e. The normalized spacial score (nSPS) is 14.8. The van der Waals surface area contributed by atoms with Crippen molar-refractivity contribution in [1.82, 2.24) is 9.13 Å². The van der Waals surface area contributed by atoms with E-state index in [4.69, 9.17) is 0 Å². The molecular weight excluding hydrogens is 821 g/mol. The summed E-state index contributed by atoms with van der Waals surface area (Å²) in [5, 5.41) is 3.98. The minimum atomic E-state index is -0.110. The molecular formula is C66H56N2. The molecule has 0 spiro atoms. The van der Waals surface area contributed by atoms with E-state index in [1.54, 1.807) is 0 Å². The van der Waals surface area contributed by atoms with E-state index in [0.717, 1.165) is 32.1 Å². The molecule has 330 valence electrons. The van der Waals surface area contributed by atoms with Crippen molar-refractivity contribution in [3.8, 4) is 55.9 Å². The Hall–Kier alpha value is -7.42. The van der Waals surface area contributed by atoms with Gasteiger partial charge in [-0.25, -0.2) is 0 Å². The fraction of sp³-hybridized carbons (Fsp3) is 0.182. The summed E-state index contributed by atoms with van der Waals surface area (Å²) >= 11 is 0. The van der Waals surface area contributed by atoms with Crippen LogP contribution in [0.5, 0.6) is 0 Å². The van der Waals surface area contributed by atoms with Crippen LogP contribution in [0.4, 0.5) is 0 Å². The highest BCUT2D eigenvalue weighted by Crippen LogP contribution is 2.53. The van der Waals surface area contributed by atoms with Crippen molar-refractivity contribution in [2.45, 2.75) is 77.6 Å². The zero-order chi connectivity index (χ0) is 46.1. The second-order valence-corrected chi connectivity index (χ2v) is 20.7. The van der Waals surface area contributed by atoms with Crippen LogP contribution in [-0.4, -0.2) is 9.13 Å². The third kappa shape index (κ3) is 5.96. The fourth-order valence-corrected chi connectivity index (χ4v) is 12.6. The summed E-state index contributed by atoms with van der Waals surface area (Å²) in [6.45, 7) is 15.8. The first-order valence-corrected chi connectivity index (χ1v) is 24.8. The number of hydrogen-bond acceptors (Lipinski definition) is 0. The van der Waals surface area contributed by atoms with Gasteiger partial charge >= 0.3 is 0 Å². The number of nitrogens with zero attached hydrogens (tertiary/aromatic N) is 2. The lowest BCUT2D eigenvalue weighted by molar-refractivity contribution is 0.660. The molecule has 2 aromatic heterocycles. The lowest BCUT2D eigenvalue weighted by Gasteiger charge is -2.22. The summed E-state index contributed by atoms with van der Waals surface area (Å²) in [5.74, 6) is 0. The van der Waals surface area contributed by atoms with Gasteiger partial charge in [0.25, 0.3) is 0 Å². The maximum atomic E-state index is 4.00. The third-order valence-corrected chi connectivity index (χ3v) is 16.0. The first-order valence-electron chi connectivity index (χ1n) is 24.8. The average Bonchev–Trinajstić information content (AvgIpc) is 4.02. The van der Waals surface area contributed by atoms with Gasteiger partial charge in [0, 0.05) is 44.1 Å². The van der Waals surface area contributed by atoms with E-state index in [0.29, 0.717) is 0 Å². The second-order valence-electron chi connectivity index (χ2n) is 20.7. The molecule has 68 heavy (non-hydrogen) atoms. The van der Waals surface area contributed by atoms with Crippen LogP contribution >= 0.6 is 0 Å². The topological polar surface area (TPSA) is 9.86 Å². The predicted molar refractivity (Wildman–Crippen MR) is 289 cm³/mol. The molecule has 0 saturated heterocycles. The van der Waals surface area contributed by atoms with Crippen molar-refractivity contribution in [1.29, 1.82) is 0 Å². The summed E-state index contributed by atoms with van der Waals surface area (Å²) in [6, 6.07) is 60.8. The molecule has 2 nitrogen and oxygen atoms in total. The SMILES string of the molecule is C=CCc1ccc2c(c1)c1ccccc1n2-c1ccc2c(c1)-c1cc(-c3cccc(-c4ccc5c(c4)-c4cc(-n6c7c(c8cc(CCC)ccc86)CCC=C7)ccc4C5(C)C)c3)ccc1C2(C)C. The van der Waals surface area contributed by atoms with Crippen molar-refractivity contribution >= 4 is 38.8 Å². The molecule has 0 unspecified atom stereocenters. The van der Waals surface area contributed by atoms with Gasteiger partial charge in [-0.05, 0) is 188 Å². The highest BCUT2D eigenvalue weighted by Gasteiger charge is 2.37. The van der Waals surface area contributed by atoms with Crippen LogP contribution < -0.4 is 0 Å². The van der Waals surface area contributed by atoms with Gasteiger partial charge in [-0.15, -0.1) is 6.58 Å². The molecule has 0 amide bonds. The van der Waals surface area contributed by atoms with E-state index in [1.807, 2.05) is 6.08 Å². The summed E-state index contributed by atoms with van der Waals surface area (Å²) in [6.07, 6.45) is 12.0. The maximum absolute atomic E-state index is 4.00. The van der Waals surface area contributed by atoms with E-state index in [9.17, 15) is 0 Å². The zero-order valence-electron chi connectivity index (χ0n) is 39.9. The Balaban J connectivity index is 0.883. The summed E-state index contributed by atoms with van der Waals surface area (Å²) < 4.78 is 4.98. The molecule has 2 heterocycles. The van der Waals surface area contributed by atoms with Crippen LogP contribution in [0.1, 0.15) is 92.1 Å². The van der Waals surface area contributed by atoms with Crippen molar-refractivity contribution in [2.24, 2.45) is 0 Å². The predicted octanol–water partition coefficient (Wildman–Crippen LogP) is 17.3. The highest BCUT2D eigenvalue weighted by atomic mass is 15.0. The van der Waals surface area contributed by atoms with Gasteiger partial charge in [-0.3, -0.25) is 0 Å². The van der Waals surface area contributed by atoms with Gasteiger partial charge in [0.15, 0.2) is 0 Å². The van der Waals surface area contributed by atoms with E-state index < -0.39 is 0 Å². The molecule has 0 N–H and O–H groups in total. The molecule has 0 aliphatic heterocycles. The van der Waals surface area contributed by atoms with Gasteiger partial charge < -0.3 is 9.13 Å². The molecule has 0 saturated carbocycles. The summed E-state index contributed by atoms with van der Waals surface area (Å²) in [5.41, 5.74) is 27.4. The molecule has 2 heteroatoms. The molecule has 0 bridgehead atoms. The highest BCUT2D eigenvalue weighted by molar-refractivity contribution is 6.09. The Bertz CT molecular complexity index is 3800. The number of rotatable bonds is 8. The van der Waals surface area contributed by atoms with Crippen molar-refractivity contribution in [3.63, 3.8) is 0 Å². The number of allylic oxidation sites excluding steroid dienone is 2. The monoisotopic (exact) mass is 876 g/mol.